The largest absolute Gasteiger partial charge is 0.418 e. The van der Waals surface area contributed by atoms with Gasteiger partial charge in [-0.2, -0.15) is 4.98 Å². The van der Waals surface area contributed by atoms with Gasteiger partial charge in [0.2, 0.25) is 11.8 Å². The van der Waals surface area contributed by atoms with Gasteiger partial charge in [0.25, 0.3) is 5.71 Å². The Hall–Kier alpha value is -3.46. The number of anilines is 1. The molecule has 0 unspecified atom stereocenters. The summed E-state index contributed by atoms with van der Waals surface area (Å²) in [7, 11) is 3.71. The number of oxazole rings is 1. The highest BCUT2D eigenvalue weighted by Crippen LogP contribution is 2.31. The molecule has 3 aromatic heterocycles. The highest BCUT2D eigenvalue weighted by Gasteiger charge is 2.20. The minimum absolute atomic E-state index is 0.130. The van der Waals surface area contributed by atoms with Crippen LogP contribution in [0.25, 0.3) is 33.7 Å². The summed E-state index contributed by atoms with van der Waals surface area (Å²) in [6.07, 6.45) is 2.59. The molecular weight excluding hydrogens is 394 g/mol. The van der Waals surface area contributed by atoms with Gasteiger partial charge in [0, 0.05) is 26.2 Å². The van der Waals surface area contributed by atoms with E-state index in [0.717, 1.165) is 28.6 Å². The summed E-state index contributed by atoms with van der Waals surface area (Å²) in [4.78, 5) is 25.9. The first kappa shape index (κ1) is 20.8. The number of nitrogens with two attached hydrogens (primary N) is 1. The zero-order valence-electron chi connectivity index (χ0n) is 18.1. The van der Waals surface area contributed by atoms with Crippen molar-refractivity contribution in [3.8, 4) is 11.5 Å². The molecule has 4 N–H and O–H groups in total. The Morgan fingerprint density at radius 3 is 2.84 bits per heavy atom. The summed E-state index contributed by atoms with van der Waals surface area (Å²) in [5.74, 6) is 1.08. The van der Waals surface area contributed by atoms with Crippen LogP contribution in [-0.2, 0) is 18.4 Å². The van der Waals surface area contributed by atoms with E-state index < -0.39 is 6.04 Å². The highest BCUT2D eigenvalue weighted by atomic mass is 16.4. The number of aryl methyl sites for hydroxylation is 1. The molecule has 0 bridgehead atoms. The third-order valence-corrected chi connectivity index (χ3v) is 5.65. The molecular formula is C22H27N7O2. The number of hydrogen-bond donors (Lipinski definition) is 3. The van der Waals surface area contributed by atoms with Crippen LogP contribution in [0.3, 0.4) is 0 Å². The van der Waals surface area contributed by atoms with Gasteiger partial charge < -0.3 is 25.4 Å². The van der Waals surface area contributed by atoms with E-state index in [1.165, 1.54) is 0 Å². The number of nitrogens with one attached hydrogen (secondary N) is 2. The van der Waals surface area contributed by atoms with E-state index in [9.17, 15) is 4.79 Å². The van der Waals surface area contributed by atoms with E-state index in [-0.39, 0.29) is 11.8 Å². The van der Waals surface area contributed by atoms with Crippen LogP contribution in [0.1, 0.15) is 25.8 Å². The lowest BCUT2D eigenvalue weighted by molar-refractivity contribution is -0.123. The third kappa shape index (κ3) is 3.84. The topological polar surface area (TPSA) is 124 Å². The van der Waals surface area contributed by atoms with Gasteiger partial charge in [-0.1, -0.05) is 32.4 Å². The third-order valence-electron chi connectivity index (χ3n) is 5.65. The molecule has 0 aliphatic carbocycles. The minimum atomic E-state index is -0.515. The van der Waals surface area contributed by atoms with Crippen molar-refractivity contribution < 1.29 is 9.21 Å². The maximum Gasteiger partial charge on any atom is 0.251 e. The Balaban J connectivity index is 1.63. The van der Waals surface area contributed by atoms with Gasteiger partial charge in [-0.05, 0) is 23.6 Å². The van der Waals surface area contributed by atoms with Crippen LogP contribution in [0.15, 0.2) is 35.0 Å². The van der Waals surface area contributed by atoms with Crippen molar-refractivity contribution in [2.45, 2.75) is 32.9 Å². The number of benzene rings is 1. The standard InChI is InChI=1S/C22H27N7O2/c1-5-12(2)15(23)20(30)25-10-13-7-6-8-14(9-13)21-27-17-18-16(26-11-29(18)4)19(24-3)28-22(17)31-21/h6-9,11-12,15H,5,10,23H2,1-4H3,(H,24,28)(H,25,30)/t12-,15-/m1/s1. The number of aromatic nitrogens is 4. The first-order chi connectivity index (χ1) is 14.9. The Bertz CT molecular complexity index is 1240. The molecule has 0 aliphatic rings. The molecule has 0 fully saturated rings. The summed E-state index contributed by atoms with van der Waals surface area (Å²) in [6.45, 7) is 4.38. The van der Waals surface area contributed by atoms with Crippen molar-refractivity contribution in [3.63, 3.8) is 0 Å². The van der Waals surface area contributed by atoms with E-state index in [1.807, 2.05) is 49.7 Å². The van der Waals surface area contributed by atoms with Gasteiger partial charge in [-0.15, -0.1) is 0 Å². The second-order valence-corrected chi connectivity index (χ2v) is 7.77. The van der Waals surface area contributed by atoms with Gasteiger partial charge in [-0.3, -0.25) is 4.79 Å². The molecule has 1 aromatic carbocycles. The van der Waals surface area contributed by atoms with Gasteiger partial charge in [-0.25, -0.2) is 9.97 Å². The Labute approximate surface area is 180 Å². The van der Waals surface area contributed by atoms with Crippen LogP contribution in [-0.4, -0.2) is 38.5 Å². The highest BCUT2D eigenvalue weighted by molar-refractivity contribution is 6.03. The Morgan fingerprint density at radius 2 is 2.10 bits per heavy atom. The lowest BCUT2D eigenvalue weighted by atomic mass is 9.99. The maximum atomic E-state index is 12.3. The molecule has 1 amide bonds. The van der Waals surface area contributed by atoms with E-state index in [2.05, 4.69) is 20.6 Å². The lowest BCUT2D eigenvalue weighted by Gasteiger charge is -2.17. The maximum absolute atomic E-state index is 12.3. The molecule has 3 heterocycles. The molecule has 0 saturated carbocycles. The molecule has 0 saturated heterocycles. The molecule has 4 rings (SSSR count). The number of nitrogens with zero attached hydrogens (tertiary/aromatic N) is 4. The number of imidazole rings is 1. The number of amides is 1. The number of carbonyl (C=O) groups excluding carboxylic acids is 1. The number of fused-ring (bicyclic) bond motifs is 3. The molecule has 0 radical (unpaired) electrons. The molecule has 0 spiro atoms. The summed E-state index contributed by atoms with van der Waals surface area (Å²) in [5, 5.41) is 5.97. The average Bonchev–Trinajstić information content (AvgIpc) is 3.39. The molecule has 4 aromatic rings. The Kier molecular flexibility index (Phi) is 5.60. The van der Waals surface area contributed by atoms with Gasteiger partial charge >= 0.3 is 0 Å². The predicted molar refractivity (Wildman–Crippen MR) is 120 cm³/mol. The second-order valence-electron chi connectivity index (χ2n) is 7.77. The smallest absolute Gasteiger partial charge is 0.251 e. The van der Waals surface area contributed by atoms with Crippen LogP contribution in [0.2, 0.25) is 0 Å². The van der Waals surface area contributed by atoms with Gasteiger partial charge in [0.1, 0.15) is 11.0 Å². The average molecular weight is 422 g/mol. The van der Waals surface area contributed by atoms with E-state index >= 15 is 0 Å². The number of hydrogen-bond acceptors (Lipinski definition) is 7. The fourth-order valence-corrected chi connectivity index (χ4v) is 3.51. The first-order valence-corrected chi connectivity index (χ1v) is 10.3. The van der Waals surface area contributed by atoms with Crippen molar-refractivity contribution in [2.75, 3.05) is 12.4 Å². The molecule has 0 aliphatic heterocycles. The fraction of sp³-hybridized carbons (Fsp3) is 0.364. The van der Waals surface area contributed by atoms with Crippen molar-refractivity contribution in [3.05, 3.63) is 36.2 Å². The van der Waals surface area contributed by atoms with Crippen molar-refractivity contribution in [1.82, 2.24) is 24.8 Å². The Morgan fingerprint density at radius 1 is 1.29 bits per heavy atom. The molecule has 2 atom stereocenters. The predicted octanol–water partition coefficient (Wildman–Crippen LogP) is 2.81. The quantitative estimate of drug-likeness (QED) is 0.419. The monoisotopic (exact) mass is 421 g/mol. The van der Waals surface area contributed by atoms with Crippen molar-refractivity contribution >= 4 is 34.0 Å². The van der Waals surface area contributed by atoms with Crippen LogP contribution >= 0.6 is 0 Å². The zero-order valence-corrected chi connectivity index (χ0v) is 18.1. The van der Waals surface area contributed by atoms with Crippen LogP contribution in [0.4, 0.5) is 5.82 Å². The number of rotatable bonds is 7. The summed E-state index contributed by atoms with van der Waals surface area (Å²) in [5.41, 5.74) is 10.4. The van der Waals surface area contributed by atoms with Crippen LogP contribution < -0.4 is 16.4 Å². The van der Waals surface area contributed by atoms with Crippen molar-refractivity contribution in [1.29, 1.82) is 0 Å². The van der Waals surface area contributed by atoms with E-state index in [1.54, 1.807) is 13.4 Å². The first-order valence-electron chi connectivity index (χ1n) is 10.3. The second kappa shape index (κ2) is 8.35. The van der Waals surface area contributed by atoms with Crippen LogP contribution in [0, 0.1) is 5.92 Å². The van der Waals surface area contributed by atoms with E-state index in [4.69, 9.17) is 15.1 Å². The summed E-state index contributed by atoms with van der Waals surface area (Å²) < 4.78 is 7.88. The number of pyridine rings is 1. The zero-order chi connectivity index (χ0) is 22.1. The fourth-order valence-electron chi connectivity index (χ4n) is 3.51. The lowest BCUT2D eigenvalue weighted by Crippen LogP contribution is -2.44. The molecule has 9 nitrogen and oxygen atoms in total. The molecule has 162 valence electrons. The van der Waals surface area contributed by atoms with Crippen LogP contribution in [0.5, 0.6) is 0 Å². The molecule has 9 heteroatoms. The van der Waals surface area contributed by atoms with Gasteiger partial charge in [0.05, 0.1) is 12.4 Å². The van der Waals surface area contributed by atoms with Crippen molar-refractivity contribution in [2.24, 2.45) is 18.7 Å². The normalized spacial score (nSPS) is 13.5. The number of carbonyl (C=O) groups is 1. The minimum Gasteiger partial charge on any atom is -0.418 e. The molecule has 31 heavy (non-hydrogen) atoms. The SMILES string of the molecule is CC[C@@H](C)[C@@H](N)C(=O)NCc1cccc(-c2nc3c(nc(NC)c4ncn(C)c43)o2)c1. The van der Waals surface area contributed by atoms with E-state index in [0.29, 0.717) is 29.5 Å². The van der Waals surface area contributed by atoms with Gasteiger partial charge in [0.15, 0.2) is 11.3 Å². The summed E-state index contributed by atoms with van der Waals surface area (Å²) in [6, 6.07) is 7.20. The summed E-state index contributed by atoms with van der Waals surface area (Å²) >= 11 is 0.